The van der Waals surface area contributed by atoms with Crippen LogP contribution in [0.3, 0.4) is 0 Å². The van der Waals surface area contributed by atoms with Gasteiger partial charge in [-0.1, -0.05) is 26.3 Å². The normalized spacial score (nSPS) is 18.9. The summed E-state index contributed by atoms with van der Waals surface area (Å²) in [7, 11) is 0. The number of anilines is 1. The minimum absolute atomic E-state index is 0.0563. The van der Waals surface area contributed by atoms with Gasteiger partial charge in [0, 0.05) is 24.7 Å². The van der Waals surface area contributed by atoms with Crippen molar-refractivity contribution in [2.45, 2.75) is 58.9 Å². The van der Waals surface area contributed by atoms with Gasteiger partial charge in [-0.15, -0.1) is 0 Å². The molecule has 0 heterocycles. The van der Waals surface area contributed by atoms with Gasteiger partial charge in [-0.05, 0) is 61.1 Å². The van der Waals surface area contributed by atoms with Gasteiger partial charge in [-0.3, -0.25) is 10.1 Å². The third-order valence-corrected chi connectivity index (χ3v) is 6.03. The average molecular weight is 372 g/mol. The Morgan fingerprint density at radius 1 is 1.41 bits per heavy atom. The van der Waals surface area contributed by atoms with E-state index in [1.807, 2.05) is 0 Å². The monoisotopic (exact) mass is 372 g/mol. The summed E-state index contributed by atoms with van der Waals surface area (Å²) in [6, 6.07) is 5.45. The van der Waals surface area contributed by atoms with Gasteiger partial charge in [-0.25, -0.2) is 4.79 Å². The highest BCUT2D eigenvalue weighted by atomic mass is 16.6. The quantitative estimate of drug-likeness (QED) is 0.419. The first-order chi connectivity index (χ1) is 12.7. The number of carboxylic acid groups (broad SMARTS) is 1. The van der Waals surface area contributed by atoms with Gasteiger partial charge in [0.05, 0.1) is 4.92 Å². The van der Waals surface area contributed by atoms with Crippen LogP contribution in [-0.4, -0.2) is 28.6 Å². The van der Waals surface area contributed by atoms with Crippen LogP contribution in [0.15, 0.2) is 24.3 Å². The molecule has 6 nitrogen and oxygen atoms in total. The van der Waals surface area contributed by atoms with Gasteiger partial charge < -0.3 is 10.0 Å². The predicted molar refractivity (Wildman–Crippen MR) is 106 cm³/mol. The maximum atomic E-state index is 11.8. The molecule has 146 valence electrons. The molecule has 0 amide bonds. The molecule has 6 heteroatoms. The van der Waals surface area contributed by atoms with Crippen LogP contribution in [-0.2, 0) is 4.79 Å². The highest BCUT2D eigenvalue weighted by molar-refractivity contribution is 5.90. The fourth-order valence-electron chi connectivity index (χ4n) is 4.51. The van der Waals surface area contributed by atoms with E-state index in [-0.39, 0.29) is 10.6 Å². The minimum Gasteiger partial charge on any atom is -0.478 e. The molecule has 2 fully saturated rings. The van der Waals surface area contributed by atoms with Gasteiger partial charge in [0.1, 0.15) is 5.69 Å². The summed E-state index contributed by atoms with van der Waals surface area (Å²) in [5.41, 5.74) is 2.28. The summed E-state index contributed by atoms with van der Waals surface area (Å²) in [4.78, 5) is 24.6. The summed E-state index contributed by atoms with van der Waals surface area (Å²) in [5, 5.41) is 20.7. The summed E-state index contributed by atoms with van der Waals surface area (Å²) in [5.74, 6) is -0.656. The second kappa shape index (κ2) is 7.33. The van der Waals surface area contributed by atoms with E-state index in [1.165, 1.54) is 25.3 Å². The van der Waals surface area contributed by atoms with E-state index in [9.17, 15) is 14.9 Å². The fourth-order valence-corrected chi connectivity index (χ4v) is 4.51. The van der Waals surface area contributed by atoms with Gasteiger partial charge in [0.25, 0.3) is 5.69 Å². The van der Waals surface area contributed by atoms with Gasteiger partial charge in [0.15, 0.2) is 0 Å². The molecule has 0 aliphatic heterocycles. The first-order valence-corrected chi connectivity index (χ1v) is 9.67. The van der Waals surface area contributed by atoms with E-state index in [2.05, 4.69) is 18.7 Å². The van der Waals surface area contributed by atoms with Crippen molar-refractivity contribution in [3.05, 3.63) is 40.0 Å². The molecule has 0 saturated heterocycles. The van der Waals surface area contributed by atoms with Crippen LogP contribution in [0.1, 0.15) is 58.4 Å². The van der Waals surface area contributed by atoms with Crippen molar-refractivity contribution in [3.8, 4) is 0 Å². The Morgan fingerprint density at radius 2 is 2.07 bits per heavy atom. The molecule has 2 aliphatic carbocycles. The number of nitro groups is 1. The predicted octanol–water partition coefficient (Wildman–Crippen LogP) is 4.88. The summed E-state index contributed by atoms with van der Waals surface area (Å²) >= 11 is 0. The Kier molecular flexibility index (Phi) is 5.27. The van der Waals surface area contributed by atoms with Crippen molar-refractivity contribution in [2.75, 3.05) is 11.4 Å². The molecule has 1 N–H and O–H groups in total. The Labute approximate surface area is 160 Å². The van der Waals surface area contributed by atoms with Crippen LogP contribution in [0, 0.1) is 21.4 Å². The topological polar surface area (TPSA) is 83.7 Å². The van der Waals surface area contributed by atoms with Crippen molar-refractivity contribution < 1.29 is 14.8 Å². The van der Waals surface area contributed by atoms with Gasteiger partial charge in [0.2, 0.25) is 0 Å². The second-order valence-electron chi connectivity index (χ2n) is 8.59. The number of carboxylic acids is 1. The second-order valence-corrected chi connectivity index (χ2v) is 8.59. The Hall–Kier alpha value is -2.37. The summed E-state index contributed by atoms with van der Waals surface area (Å²) in [6.45, 7) is 6.70. The van der Waals surface area contributed by atoms with Crippen molar-refractivity contribution in [1.29, 1.82) is 0 Å². The lowest BCUT2D eigenvalue weighted by Gasteiger charge is -2.57. The summed E-state index contributed by atoms with van der Waals surface area (Å²) in [6.07, 6.45) is 7.21. The van der Waals surface area contributed by atoms with E-state index >= 15 is 0 Å². The lowest BCUT2D eigenvalue weighted by molar-refractivity contribution is -0.384. The number of rotatable bonds is 7. The van der Waals surface area contributed by atoms with Crippen LogP contribution in [0.4, 0.5) is 11.4 Å². The average Bonchev–Trinajstić information content (AvgIpc) is 2.49. The summed E-state index contributed by atoms with van der Waals surface area (Å²) < 4.78 is 0. The number of allylic oxidation sites excluding steroid dienone is 1. The molecule has 0 aromatic heterocycles. The number of hydrogen-bond donors (Lipinski definition) is 1. The molecule has 1 spiro atoms. The lowest BCUT2D eigenvalue weighted by Crippen LogP contribution is -2.55. The van der Waals surface area contributed by atoms with Crippen molar-refractivity contribution in [2.24, 2.45) is 11.3 Å². The van der Waals surface area contributed by atoms with Crippen LogP contribution < -0.4 is 4.90 Å². The smallest absolute Gasteiger partial charge is 0.328 e. The van der Waals surface area contributed by atoms with Crippen LogP contribution in [0.2, 0.25) is 0 Å². The molecule has 2 saturated carbocycles. The number of hydrogen-bond acceptors (Lipinski definition) is 4. The number of nitro benzene ring substituents is 1. The Bertz CT molecular complexity index is 772. The molecule has 0 bridgehead atoms. The molecule has 2 aliphatic rings. The first-order valence-electron chi connectivity index (χ1n) is 9.67. The minimum atomic E-state index is -1.05. The van der Waals surface area contributed by atoms with Gasteiger partial charge >= 0.3 is 5.97 Å². The van der Waals surface area contributed by atoms with E-state index < -0.39 is 5.97 Å². The molecule has 0 radical (unpaired) electrons. The molecule has 0 unspecified atom stereocenters. The zero-order chi connectivity index (χ0) is 19.8. The SMILES string of the molecule is CC(=CC(=O)O)c1ccc(N(CC(C)C)C2CC3(CCC3)C2)c([N+](=O)[O-])c1. The Morgan fingerprint density at radius 3 is 2.56 bits per heavy atom. The van der Waals surface area contributed by atoms with Crippen LogP contribution in [0.25, 0.3) is 5.57 Å². The number of nitrogens with zero attached hydrogens (tertiary/aromatic N) is 2. The highest BCUT2D eigenvalue weighted by Crippen LogP contribution is 2.58. The maximum absolute atomic E-state index is 11.8. The van der Waals surface area contributed by atoms with Crippen molar-refractivity contribution in [1.82, 2.24) is 0 Å². The first kappa shape index (κ1) is 19.4. The third kappa shape index (κ3) is 3.99. The maximum Gasteiger partial charge on any atom is 0.328 e. The van der Waals surface area contributed by atoms with Crippen LogP contribution >= 0.6 is 0 Å². The van der Waals surface area contributed by atoms with Crippen LogP contribution in [0.5, 0.6) is 0 Å². The van der Waals surface area contributed by atoms with E-state index in [0.29, 0.717) is 34.2 Å². The Balaban J connectivity index is 1.93. The van der Waals surface area contributed by atoms with E-state index in [4.69, 9.17) is 5.11 Å². The van der Waals surface area contributed by atoms with Gasteiger partial charge in [-0.2, -0.15) is 0 Å². The largest absolute Gasteiger partial charge is 0.478 e. The number of benzene rings is 1. The molecule has 3 rings (SSSR count). The van der Waals surface area contributed by atoms with Crippen molar-refractivity contribution >= 4 is 22.9 Å². The molecule has 1 aromatic carbocycles. The number of aliphatic carboxylic acids is 1. The van der Waals surface area contributed by atoms with Crippen molar-refractivity contribution in [3.63, 3.8) is 0 Å². The van der Waals surface area contributed by atoms with E-state index in [0.717, 1.165) is 25.5 Å². The number of carbonyl (C=O) groups is 1. The fraction of sp³-hybridized carbons (Fsp3) is 0.571. The zero-order valence-corrected chi connectivity index (χ0v) is 16.3. The highest BCUT2D eigenvalue weighted by Gasteiger charge is 2.50. The van der Waals surface area contributed by atoms with E-state index in [1.54, 1.807) is 19.1 Å². The molecular weight excluding hydrogens is 344 g/mol. The molecule has 27 heavy (non-hydrogen) atoms. The molecule has 0 atom stereocenters. The molecule has 1 aromatic rings. The third-order valence-electron chi connectivity index (χ3n) is 6.03. The lowest BCUT2D eigenvalue weighted by atomic mass is 9.53. The molecular formula is C21H28N2O4. The zero-order valence-electron chi connectivity index (χ0n) is 16.3. The standard InChI is InChI=1S/C21H28N2O4/c1-14(2)13-22(17-11-21(12-17)7-4-8-21)18-6-5-16(10-19(18)23(26)27)15(3)9-20(24)25/h5-6,9-10,14,17H,4,7-8,11-13H2,1-3H3,(H,24,25).